The molecule has 0 unspecified atom stereocenters. The van der Waals surface area contributed by atoms with E-state index in [9.17, 15) is 4.79 Å². The Bertz CT molecular complexity index is 528. The van der Waals surface area contributed by atoms with Crippen LogP contribution in [-0.4, -0.2) is 37.0 Å². The molecular weight excluding hydrogens is 296 g/mol. The van der Waals surface area contributed by atoms with Crippen molar-refractivity contribution in [3.8, 4) is 0 Å². The average Bonchev–Trinajstić information content (AvgIpc) is 2.48. The molecule has 2 aliphatic rings. The van der Waals surface area contributed by atoms with Crippen molar-refractivity contribution in [2.45, 2.75) is 39.5 Å². The maximum atomic E-state index is 12.7. The number of carbonyl (C=O) groups is 1. The summed E-state index contributed by atoms with van der Waals surface area (Å²) < 4.78 is 0. The highest BCUT2D eigenvalue weighted by molar-refractivity contribution is 5.95. The number of aryl methyl sites for hydroxylation is 2. The maximum absolute atomic E-state index is 12.7. The number of rotatable bonds is 1. The van der Waals surface area contributed by atoms with Crippen LogP contribution in [0.5, 0.6) is 0 Å². The zero-order chi connectivity index (χ0) is 14.9. The topological polar surface area (TPSA) is 32.3 Å². The Morgan fingerprint density at radius 1 is 1.09 bits per heavy atom. The Kier molecular flexibility index (Phi) is 5.51. The smallest absolute Gasteiger partial charge is 0.254 e. The first-order chi connectivity index (χ1) is 10.1. The molecule has 1 spiro atoms. The maximum Gasteiger partial charge on any atom is 0.254 e. The summed E-state index contributed by atoms with van der Waals surface area (Å²) in [4.78, 5) is 14.8. The fourth-order valence-corrected chi connectivity index (χ4v) is 3.87. The van der Waals surface area contributed by atoms with Gasteiger partial charge in [0.2, 0.25) is 0 Å². The van der Waals surface area contributed by atoms with Gasteiger partial charge in [0.05, 0.1) is 0 Å². The lowest BCUT2D eigenvalue weighted by atomic mass is 9.71. The van der Waals surface area contributed by atoms with Crippen LogP contribution in [0.2, 0.25) is 0 Å². The fourth-order valence-electron chi connectivity index (χ4n) is 3.87. The molecule has 0 saturated carbocycles. The Hall–Kier alpha value is -1.06. The predicted molar refractivity (Wildman–Crippen MR) is 92.8 cm³/mol. The summed E-state index contributed by atoms with van der Waals surface area (Å²) in [6.45, 7) is 8.25. The Morgan fingerprint density at radius 2 is 1.73 bits per heavy atom. The van der Waals surface area contributed by atoms with Gasteiger partial charge in [-0.25, -0.2) is 0 Å². The van der Waals surface area contributed by atoms with Gasteiger partial charge >= 0.3 is 0 Å². The van der Waals surface area contributed by atoms with Crippen LogP contribution in [0.25, 0.3) is 0 Å². The first-order valence-corrected chi connectivity index (χ1v) is 8.17. The van der Waals surface area contributed by atoms with Gasteiger partial charge in [0.15, 0.2) is 0 Å². The standard InChI is InChI=1S/C18H26N2O.ClH/c1-14-3-4-16(15(2)13-14)17(21)20-11-7-18(8-12-20)5-9-19-10-6-18;/h3-4,13,19H,5-12H2,1-2H3;1H. The second-order valence-corrected chi connectivity index (χ2v) is 6.86. The lowest BCUT2D eigenvalue weighted by molar-refractivity contribution is 0.0495. The van der Waals surface area contributed by atoms with Gasteiger partial charge in [-0.15, -0.1) is 12.4 Å². The van der Waals surface area contributed by atoms with Crippen molar-refractivity contribution in [1.82, 2.24) is 10.2 Å². The first-order valence-electron chi connectivity index (χ1n) is 8.17. The number of nitrogens with one attached hydrogen (secondary N) is 1. The minimum atomic E-state index is 0. The highest BCUT2D eigenvalue weighted by atomic mass is 35.5. The molecule has 1 aromatic carbocycles. The summed E-state index contributed by atoms with van der Waals surface area (Å²) in [5, 5.41) is 3.45. The number of nitrogens with zero attached hydrogens (tertiary/aromatic N) is 1. The number of benzene rings is 1. The monoisotopic (exact) mass is 322 g/mol. The quantitative estimate of drug-likeness (QED) is 0.860. The molecule has 2 fully saturated rings. The van der Waals surface area contributed by atoms with Crippen molar-refractivity contribution in [2.24, 2.45) is 5.41 Å². The van der Waals surface area contributed by atoms with E-state index in [1.165, 1.54) is 31.2 Å². The Balaban J connectivity index is 0.00000176. The minimum absolute atomic E-state index is 0. The SMILES string of the molecule is Cc1ccc(C(=O)N2CCC3(CCNCC3)CC2)c(C)c1.Cl. The van der Waals surface area contributed by atoms with Crippen LogP contribution in [-0.2, 0) is 0 Å². The molecule has 22 heavy (non-hydrogen) atoms. The molecule has 1 amide bonds. The van der Waals surface area contributed by atoms with Crippen molar-refractivity contribution in [1.29, 1.82) is 0 Å². The molecule has 0 bridgehead atoms. The Morgan fingerprint density at radius 3 is 2.32 bits per heavy atom. The molecule has 1 aromatic rings. The molecule has 122 valence electrons. The van der Waals surface area contributed by atoms with E-state index in [0.717, 1.165) is 37.3 Å². The van der Waals surface area contributed by atoms with Crippen molar-refractivity contribution in [2.75, 3.05) is 26.2 Å². The second-order valence-electron chi connectivity index (χ2n) is 6.86. The summed E-state index contributed by atoms with van der Waals surface area (Å²) in [6, 6.07) is 6.13. The number of amides is 1. The van der Waals surface area contributed by atoms with E-state index in [-0.39, 0.29) is 18.3 Å². The van der Waals surface area contributed by atoms with Gasteiger partial charge in [0.25, 0.3) is 5.91 Å². The molecule has 2 heterocycles. The summed E-state index contributed by atoms with van der Waals surface area (Å²) in [5.74, 6) is 0.219. The van der Waals surface area contributed by atoms with E-state index < -0.39 is 0 Å². The van der Waals surface area contributed by atoms with Crippen molar-refractivity contribution < 1.29 is 4.79 Å². The number of likely N-dealkylation sites (tertiary alicyclic amines) is 1. The number of carbonyl (C=O) groups excluding carboxylic acids is 1. The molecule has 3 rings (SSSR count). The normalized spacial score (nSPS) is 20.5. The largest absolute Gasteiger partial charge is 0.339 e. The van der Waals surface area contributed by atoms with Gasteiger partial charge in [-0.1, -0.05) is 17.7 Å². The number of piperidine rings is 2. The molecule has 2 aliphatic heterocycles. The van der Waals surface area contributed by atoms with E-state index in [2.05, 4.69) is 23.2 Å². The van der Waals surface area contributed by atoms with Crippen LogP contribution >= 0.6 is 12.4 Å². The number of hydrogen-bond acceptors (Lipinski definition) is 2. The molecule has 2 saturated heterocycles. The zero-order valence-electron chi connectivity index (χ0n) is 13.7. The number of halogens is 1. The minimum Gasteiger partial charge on any atom is -0.339 e. The first kappa shape index (κ1) is 17.3. The lowest BCUT2D eigenvalue weighted by Gasteiger charge is -2.44. The molecule has 0 aromatic heterocycles. The van der Waals surface area contributed by atoms with Gasteiger partial charge < -0.3 is 10.2 Å². The molecule has 0 aliphatic carbocycles. The van der Waals surface area contributed by atoms with E-state index in [1.54, 1.807) is 0 Å². The van der Waals surface area contributed by atoms with E-state index in [0.29, 0.717) is 5.41 Å². The Labute approximate surface area is 139 Å². The summed E-state index contributed by atoms with van der Waals surface area (Å²) in [5.41, 5.74) is 3.70. The summed E-state index contributed by atoms with van der Waals surface area (Å²) in [7, 11) is 0. The van der Waals surface area contributed by atoms with Gasteiger partial charge in [-0.05, 0) is 69.7 Å². The highest BCUT2D eigenvalue weighted by Gasteiger charge is 2.36. The zero-order valence-corrected chi connectivity index (χ0v) is 14.5. The third kappa shape index (κ3) is 3.47. The van der Waals surface area contributed by atoms with E-state index in [4.69, 9.17) is 0 Å². The van der Waals surface area contributed by atoms with Crippen LogP contribution in [0.3, 0.4) is 0 Å². The third-order valence-corrected chi connectivity index (χ3v) is 5.39. The van der Waals surface area contributed by atoms with Gasteiger partial charge in [0, 0.05) is 18.7 Å². The summed E-state index contributed by atoms with van der Waals surface area (Å²) >= 11 is 0. The highest BCUT2D eigenvalue weighted by Crippen LogP contribution is 2.39. The van der Waals surface area contributed by atoms with Crippen LogP contribution in [0.15, 0.2) is 18.2 Å². The lowest BCUT2D eigenvalue weighted by Crippen LogP contribution is -2.47. The van der Waals surface area contributed by atoms with Crippen molar-refractivity contribution in [3.05, 3.63) is 34.9 Å². The average molecular weight is 323 g/mol. The van der Waals surface area contributed by atoms with Gasteiger partial charge in [-0.3, -0.25) is 4.79 Å². The van der Waals surface area contributed by atoms with Crippen LogP contribution in [0.1, 0.15) is 47.2 Å². The fraction of sp³-hybridized carbons (Fsp3) is 0.611. The van der Waals surface area contributed by atoms with Gasteiger partial charge in [-0.2, -0.15) is 0 Å². The van der Waals surface area contributed by atoms with Crippen LogP contribution in [0, 0.1) is 19.3 Å². The van der Waals surface area contributed by atoms with Crippen molar-refractivity contribution in [3.63, 3.8) is 0 Å². The molecule has 1 N–H and O–H groups in total. The molecule has 0 radical (unpaired) electrons. The third-order valence-electron chi connectivity index (χ3n) is 5.39. The molecule has 3 nitrogen and oxygen atoms in total. The molecule has 0 atom stereocenters. The van der Waals surface area contributed by atoms with Crippen molar-refractivity contribution >= 4 is 18.3 Å². The van der Waals surface area contributed by atoms with Gasteiger partial charge in [0.1, 0.15) is 0 Å². The summed E-state index contributed by atoms with van der Waals surface area (Å²) in [6.07, 6.45) is 4.90. The molecule has 4 heteroatoms. The predicted octanol–water partition coefficient (Wildman–Crippen LogP) is 3.33. The molecular formula is C18H27ClN2O. The van der Waals surface area contributed by atoms with Crippen LogP contribution < -0.4 is 5.32 Å². The number of hydrogen-bond donors (Lipinski definition) is 1. The van der Waals surface area contributed by atoms with E-state index >= 15 is 0 Å². The van der Waals surface area contributed by atoms with Crippen LogP contribution in [0.4, 0.5) is 0 Å². The second kappa shape index (κ2) is 7.01. The van der Waals surface area contributed by atoms with E-state index in [1.807, 2.05) is 19.1 Å².